The first-order valence-corrected chi connectivity index (χ1v) is 10.9. The van der Waals surface area contributed by atoms with Crippen molar-refractivity contribution in [2.45, 2.75) is 53.5 Å². The zero-order valence-electron chi connectivity index (χ0n) is 19.3. The van der Waals surface area contributed by atoms with E-state index in [1.807, 2.05) is 17.7 Å². The van der Waals surface area contributed by atoms with Crippen molar-refractivity contribution in [3.05, 3.63) is 64.9 Å². The minimum atomic E-state index is -0.193. The van der Waals surface area contributed by atoms with Crippen LogP contribution in [0.1, 0.15) is 44.9 Å². The van der Waals surface area contributed by atoms with Crippen molar-refractivity contribution < 1.29 is 9.13 Å². The van der Waals surface area contributed by atoms with E-state index in [1.54, 1.807) is 20.1 Å². The fourth-order valence-corrected chi connectivity index (χ4v) is 3.81. The molecule has 0 unspecified atom stereocenters. The molecule has 2 aromatic rings. The van der Waals surface area contributed by atoms with Crippen molar-refractivity contribution in [3.63, 3.8) is 0 Å². The van der Waals surface area contributed by atoms with E-state index >= 15 is 0 Å². The number of ether oxygens (including phenoxy) is 1. The number of rotatable bonds is 6. The summed E-state index contributed by atoms with van der Waals surface area (Å²) in [6.07, 6.45) is 2.69. The monoisotopic (exact) mass is 424 g/mol. The van der Waals surface area contributed by atoms with Crippen LogP contribution in [0.2, 0.25) is 0 Å². The van der Waals surface area contributed by atoms with E-state index in [2.05, 4.69) is 36.4 Å². The Morgan fingerprint density at radius 2 is 1.97 bits per heavy atom. The summed E-state index contributed by atoms with van der Waals surface area (Å²) in [4.78, 5) is 6.95. The van der Waals surface area contributed by atoms with Crippen LogP contribution in [-0.4, -0.2) is 40.8 Å². The third-order valence-corrected chi connectivity index (χ3v) is 5.91. The molecule has 2 heterocycles. The molecule has 0 aliphatic carbocycles. The number of methoxy groups -OCH3 is 1. The summed E-state index contributed by atoms with van der Waals surface area (Å²) in [6, 6.07) is 7.24. The first-order chi connectivity index (χ1) is 14.8. The second-order valence-electron chi connectivity index (χ2n) is 8.11. The molecule has 6 heteroatoms. The Kier molecular flexibility index (Phi) is 7.31. The Balaban J connectivity index is 1.73. The summed E-state index contributed by atoms with van der Waals surface area (Å²) in [6.45, 7) is 14.7. The summed E-state index contributed by atoms with van der Waals surface area (Å²) in [7, 11) is 1.65. The summed E-state index contributed by atoms with van der Waals surface area (Å²) < 4.78 is 20.9. The number of halogens is 1. The predicted molar refractivity (Wildman–Crippen MR) is 125 cm³/mol. The number of benzene rings is 1. The summed E-state index contributed by atoms with van der Waals surface area (Å²) in [5, 5.41) is 4.82. The van der Waals surface area contributed by atoms with E-state index < -0.39 is 0 Å². The molecule has 0 bridgehead atoms. The van der Waals surface area contributed by atoms with Gasteiger partial charge >= 0.3 is 0 Å². The molecule has 0 radical (unpaired) electrons. The lowest BCUT2D eigenvalue weighted by Crippen LogP contribution is -2.27. The molecular formula is C25H33FN4O. The number of nitrogens with zero attached hydrogens (tertiary/aromatic N) is 4. The highest BCUT2D eigenvalue weighted by Crippen LogP contribution is 2.25. The predicted octanol–water partition coefficient (Wildman–Crippen LogP) is 5.51. The second kappa shape index (κ2) is 9.94. The molecule has 1 aliphatic heterocycles. The highest BCUT2D eigenvalue weighted by atomic mass is 19.1. The summed E-state index contributed by atoms with van der Waals surface area (Å²) in [5.41, 5.74) is 7.02. The van der Waals surface area contributed by atoms with Crippen molar-refractivity contribution in [2.75, 3.05) is 20.2 Å². The Hall–Kier alpha value is -2.89. The highest BCUT2D eigenvalue weighted by molar-refractivity contribution is 5.74. The molecule has 0 saturated heterocycles. The maximum Gasteiger partial charge on any atom is 0.184 e. The van der Waals surface area contributed by atoms with Gasteiger partial charge in [0.1, 0.15) is 5.82 Å². The van der Waals surface area contributed by atoms with Gasteiger partial charge in [-0.05, 0) is 62.1 Å². The third-order valence-electron chi connectivity index (χ3n) is 5.91. The Morgan fingerprint density at radius 3 is 2.65 bits per heavy atom. The molecule has 0 N–H and O–H groups in total. The largest absolute Gasteiger partial charge is 0.484 e. The van der Waals surface area contributed by atoms with Gasteiger partial charge in [-0.1, -0.05) is 13.5 Å². The number of aromatic nitrogens is 2. The van der Waals surface area contributed by atoms with Crippen molar-refractivity contribution >= 4 is 5.90 Å². The second-order valence-corrected chi connectivity index (χ2v) is 8.11. The first kappa shape index (κ1) is 22.8. The molecule has 31 heavy (non-hydrogen) atoms. The van der Waals surface area contributed by atoms with Gasteiger partial charge in [-0.3, -0.25) is 4.68 Å². The molecular weight excluding hydrogens is 391 g/mol. The summed E-state index contributed by atoms with van der Waals surface area (Å²) in [5.74, 6) is 0.496. The van der Waals surface area contributed by atoms with Crippen molar-refractivity contribution in [1.29, 1.82) is 0 Å². The van der Waals surface area contributed by atoms with Crippen molar-refractivity contribution in [3.8, 4) is 11.3 Å². The lowest BCUT2D eigenvalue weighted by atomic mass is 10.1. The molecule has 1 aromatic heterocycles. The van der Waals surface area contributed by atoms with Gasteiger partial charge in [-0.15, -0.1) is 0 Å². The number of aliphatic imine (C=N–C) groups is 1. The molecule has 0 spiro atoms. The smallest absolute Gasteiger partial charge is 0.184 e. The molecule has 166 valence electrons. The Bertz CT molecular complexity index is 1020. The van der Waals surface area contributed by atoms with Crippen LogP contribution in [0, 0.1) is 12.7 Å². The van der Waals surface area contributed by atoms with Crippen LogP contribution in [0.5, 0.6) is 0 Å². The standard InChI is InChI=1S/C25H33FN4O/c1-7-22-15-25(21-8-9-23(26)18(3)14-21)28-30(22)16-19(4)29-12-10-17(2)24(11-13-29)27-20(5)31-6/h8-9,14-15H,4,7,10-13,16H2,1-3,5-6H3. The average Bonchev–Trinajstić information content (AvgIpc) is 3.07. The van der Waals surface area contributed by atoms with E-state index in [9.17, 15) is 4.39 Å². The molecule has 1 aliphatic rings. The molecule has 0 saturated carbocycles. The van der Waals surface area contributed by atoms with E-state index in [4.69, 9.17) is 9.84 Å². The quantitative estimate of drug-likeness (QED) is 0.454. The minimum Gasteiger partial charge on any atom is -0.484 e. The van der Waals surface area contributed by atoms with Crippen LogP contribution in [0.4, 0.5) is 4.39 Å². The van der Waals surface area contributed by atoms with Crippen LogP contribution in [0.3, 0.4) is 0 Å². The zero-order chi connectivity index (χ0) is 22.5. The van der Waals surface area contributed by atoms with E-state index in [0.717, 1.165) is 60.7 Å². The Morgan fingerprint density at radius 1 is 1.23 bits per heavy atom. The molecule has 0 atom stereocenters. The third kappa shape index (κ3) is 5.43. The normalized spacial score (nSPS) is 15.3. The van der Waals surface area contributed by atoms with Gasteiger partial charge < -0.3 is 9.64 Å². The SMILES string of the molecule is C=C(Cn1nc(-c2ccc(F)c(C)c2)cc1CC)N1CCC(C)=C(N=C(C)OC)CC1. The lowest BCUT2D eigenvalue weighted by molar-refractivity contribution is 0.336. The van der Waals surface area contributed by atoms with Gasteiger partial charge in [0.05, 0.1) is 19.3 Å². The van der Waals surface area contributed by atoms with Crippen molar-refractivity contribution in [2.24, 2.45) is 4.99 Å². The molecule has 5 nitrogen and oxygen atoms in total. The maximum atomic E-state index is 13.7. The summed E-state index contributed by atoms with van der Waals surface area (Å²) >= 11 is 0. The molecule has 1 aromatic carbocycles. The fourth-order valence-electron chi connectivity index (χ4n) is 3.81. The Labute approximate surface area is 184 Å². The number of hydrogen-bond donors (Lipinski definition) is 0. The van der Waals surface area contributed by atoms with Crippen LogP contribution >= 0.6 is 0 Å². The average molecular weight is 425 g/mol. The molecule has 3 rings (SSSR count). The van der Waals surface area contributed by atoms with Gasteiger partial charge in [0.2, 0.25) is 0 Å². The lowest BCUT2D eigenvalue weighted by Gasteiger charge is -2.25. The van der Waals surface area contributed by atoms with Crippen molar-refractivity contribution in [1.82, 2.24) is 14.7 Å². The number of hydrogen-bond acceptors (Lipinski definition) is 4. The van der Waals surface area contributed by atoms with E-state index in [-0.39, 0.29) is 5.82 Å². The zero-order valence-corrected chi connectivity index (χ0v) is 19.3. The van der Waals surface area contributed by atoms with Gasteiger partial charge in [-0.2, -0.15) is 5.10 Å². The first-order valence-electron chi connectivity index (χ1n) is 10.9. The van der Waals surface area contributed by atoms with Crippen LogP contribution < -0.4 is 0 Å². The fraction of sp³-hybridized carbons (Fsp3) is 0.440. The van der Waals surface area contributed by atoms with Gasteiger partial charge in [0, 0.05) is 49.1 Å². The molecule has 0 fully saturated rings. The van der Waals surface area contributed by atoms with Gasteiger partial charge in [0.25, 0.3) is 0 Å². The molecule has 0 amide bonds. The maximum absolute atomic E-state index is 13.7. The van der Waals surface area contributed by atoms with Crippen LogP contribution in [0.15, 0.2) is 52.8 Å². The van der Waals surface area contributed by atoms with E-state index in [0.29, 0.717) is 18.0 Å². The van der Waals surface area contributed by atoms with Gasteiger partial charge in [-0.25, -0.2) is 9.38 Å². The topological polar surface area (TPSA) is 42.7 Å². The minimum absolute atomic E-state index is 0.193. The van der Waals surface area contributed by atoms with Crippen LogP contribution in [-0.2, 0) is 17.7 Å². The number of allylic oxidation sites excluding steroid dienone is 1. The highest BCUT2D eigenvalue weighted by Gasteiger charge is 2.17. The van der Waals surface area contributed by atoms with Crippen LogP contribution in [0.25, 0.3) is 11.3 Å². The van der Waals surface area contributed by atoms with E-state index in [1.165, 1.54) is 11.6 Å². The number of aryl methyl sites for hydroxylation is 2. The van der Waals surface area contributed by atoms with Gasteiger partial charge in [0.15, 0.2) is 5.90 Å².